The van der Waals surface area contributed by atoms with Gasteiger partial charge in [-0.05, 0) is 31.0 Å². The monoisotopic (exact) mass is 258 g/mol. The van der Waals surface area contributed by atoms with Crippen LogP contribution in [0.1, 0.15) is 12.8 Å². The summed E-state index contributed by atoms with van der Waals surface area (Å²) in [6.07, 6.45) is 1.21. The van der Waals surface area contributed by atoms with E-state index in [2.05, 4.69) is 4.74 Å². The third-order valence-electron chi connectivity index (χ3n) is 2.63. The van der Waals surface area contributed by atoms with E-state index in [1.807, 2.05) is 0 Å². The highest BCUT2D eigenvalue weighted by molar-refractivity contribution is 6.32. The van der Waals surface area contributed by atoms with Gasteiger partial charge in [0.05, 0.1) is 12.1 Å². The number of benzene rings is 1. The summed E-state index contributed by atoms with van der Waals surface area (Å²) in [5.74, 6) is -0.393. The van der Waals surface area contributed by atoms with Crippen LogP contribution in [0.4, 0.5) is 4.39 Å². The lowest BCUT2D eigenvalue weighted by Gasteiger charge is -2.17. The Morgan fingerprint density at radius 2 is 2.24 bits per heavy atom. The molecule has 0 amide bonds. The smallest absolute Gasteiger partial charge is 0.347 e. The topological polar surface area (TPSA) is 35.5 Å². The molecule has 1 fully saturated rings. The van der Waals surface area contributed by atoms with Gasteiger partial charge in [0.25, 0.3) is 0 Å². The minimum absolute atomic E-state index is 0.152. The molecule has 1 unspecified atom stereocenters. The number of hydrogen-bond donors (Lipinski definition) is 0. The van der Waals surface area contributed by atoms with Crippen LogP contribution in [-0.2, 0) is 9.53 Å². The summed E-state index contributed by atoms with van der Waals surface area (Å²) >= 11 is 5.83. The molecule has 1 aromatic rings. The number of esters is 1. The largest absolute Gasteiger partial charge is 0.477 e. The number of methoxy groups -OCH3 is 1. The lowest BCUT2D eigenvalue weighted by molar-refractivity contribution is -0.149. The number of rotatable bonds is 4. The highest BCUT2D eigenvalue weighted by atomic mass is 35.5. The van der Waals surface area contributed by atoms with Crippen molar-refractivity contribution in [2.24, 2.45) is 5.92 Å². The van der Waals surface area contributed by atoms with E-state index < -0.39 is 17.9 Å². The van der Waals surface area contributed by atoms with E-state index in [0.717, 1.165) is 18.9 Å². The van der Waals surface area contributed by atoms with Gasteiger partial charge >= 0.3 is 5.97 Å². The van der Waals surface area contributed by atoms with E-state index >= 15 is 0 Å². The Bertz CT molecular complexity index is 432. The zero-order valence-corrected chi connectivity index (χ0v) is 10.0. The third kappa shape index (κ3) is 2.88. The first kappa shape index (κ1) is 12.2. The van der Waals surface area contributed by atoms with Gasteiger partial charge in [-0.3, -0.25) is 0 Å². The van der Waals surface area contributed by atoms with Crippen molar-refractivity contribution in [3.05, 3.63) is 29.0 Å². The van der Waals surface area contributed by atoms with Crippen molar-refractivity contribution in [3.63, 3.8) is 0 Å². The molecule has 17 heavy (non-hydrogen) atoms. The maximum Gasteiger partial charge on any atom is 0.347 e. The van der Waals surface area contributed by atoms with Crippen LogP contribution in [0.5, 0.6) is 5.75 Å². The average molecular weight is 259 g/mol. The molecule has 1 aliphatic carbocycles. The SMILES string of the molecule is COC(=O)C(Oc1ccc(F)cc1Cl)C1CC1. The first-order valence-corrected chi connectivity index (χ1v) is 5.69. The number of halogens is 2. The molecule has 0 heterocycles. The van der Waals surface area contributed by atoms with Crippen molar-refractivity contribution in [3.8, 4) is 5.75 Å². The Balaban J connectivity index is 2.14. The van der Waals surface area contributed by atoms with Crippen molar-refractivity contribution in [2.45, 2.75) is 18.9 Å². The van der Waals surface area contributed by atoms with Gasteiger partial charge in [0, 0.05) is 5.92 Å². The zero-order valence-electron chi connectivity index (χ0n) is 9.28. The fourth-order valence-corrected chi connectivity index (χ4v) is 1.77. The number of carbonyl (C=O) groups excluding carboxylic acids is 1. The van der Waals surface area contributed by atoms with Gasteiger partial charge < -0.3 is 9.47 Å². The molecule has 1 aromatic carbocycles. The fourth-order valence-electron chi connectivity index (χ4n) is 1.56. The van der Waals surface area contributed by atoms with Crippen LogP contribution in [0.2, 0.25) is 5.02 Å². The molecule has 3 nitrogen and oxygen atoms in total. The van der Waals surface area contributed by atoms with Crippen LogP contribution in [0.25, 0.3) is 0 Å². The lowest BCUT2D eigenvalue weighted by Crippen LogP contribution is -2.30. The maximum absolute atomic E-state index is 12.8. The quantitative estimate of drug-likeness (QED) is 0.779. The number of carbonyl (C=O) groups is 1. The molecular formula is C12H12ClFO3. The first-order chi connectivity index (χ1) is 8.11. The van der Waals surface area contributed by atoms with Crippen molar-refractivity contribution in [1.82, 2.24) is 0 Å². The minimum Gasteiger partial charge on any atom is -0.477 e. The van der Waals surface area contributed by atoms with Gasteiger partial charge in [-0.15, -0.1) is 0 Å². The molecule has 1 atom stereocenters. The van der Waals surface area contributed by atoms with E-state index in [1.165, 1.54) is 19.2 Å². The predicted molar refractivity (Wildman–Crippen MR) is 60.6 cm³/mol. The Kier molecular flexibility index (Phi) is 3.52. The summed E-state index contributed by atoms with van der Waals surface area (Å²) in [5.41, 5.74) is 0. The molecule has 0 radical (unpaired) electrons. The molecule has 0 aliphatic heterocycles. The first-order valence-electron chi connectivity index (χ1n) is 5.31. The molecule has 0 spiro atoms. The predicted octanol–water partition coefficient (Wildman–Crippen LogP) is 2.81. The Labute approximate surface area is 103 Å². The molecule has 0 N–H and O–H groups in total. The van der Waals surface area contributed by atoms with E-state index in [0.29, 0.717) is 5.75 Å². The van der Waals surface area contributed by atoms with Crippen molar-refractivity contribution >= 4 is 17.6 Å². The highest BCUT2D eigenvalue weighted by Crippen LogP contribution is 2.37. The number of hydrogen-bond acceptors (Lipinski definition) is 3. The van der Waals surface area contributed by atoms with Crippen molar-refractivity contribution in [2.75, 3.05) is 7.11 Å². The normalized spacial score (nSPS) is 16.4. The molecule has 0 saturated heterocycles. The second-order valence-electron chi connectivity index (χ2n) is 3.97. The molecule has 1 saturated carbocycles. The maximum atomic E-state index is 12.8. The van der Waals surface area contributed by atoms with Gasteiger partial charge in [-0.25, -0.2) is 9.18 Å². The summed E-state index contributed by atoms with van der Waals surface area (Å²) in [6, 6.07) is 3.80. The third-order valence-corrected chi connectivity index (χ3v) is 2.93. The van der Waals surface area contributed by atoms with Crippen LogP contribution >= 0.6 is 11.6 Å². The molecule has 2 rings (SSSR count). The molecule has 1 aliphatic rings. The van der Waals surface area contributed by atoms with Gasteiger partial charge in [0.1, 0.15) is 11.6 Å². The fraction of sp³-hybridized carbons (Fsp3) is 0.417. The summed E-state index contributed by atoms with van der Waals surface area (Å²) in [4.78, 5) is 11.5. The van der Waals surface area contributed by atoms with Gasteiger partial charge in [0.15, 0.2) is 6.10 Å². The summed E-state index contributed by atoms with van der Waals surface area (Å²) in [5, 5.41) is 0.152. The van der Waals surface area contributed by atoms with E-state index in [4.69, 9.17) is 16.3 Å². The van der Waals surface area contributed by atoms with Crippen molar-refractivity contribution < 1.29 is 18.7 Å². The molecule has 92 valence electrons. The Hall–Kier alpha value is -1.29. The molecule has 5 heteroatoms. The summed E-state index contributed by atoms with van der Waals surface area (Å²) < 4.78 is 23.0. The average Bonchev–Trinajstić information content (AvgIpc) is 3.11. The highest BCUT2D eigenvalue weighted by Gasteiger charge is 2.39. The summed E-state index contributed by atoms with van der Waals surface area (Å²) in [7, 11) is 1.31. The van der Waals surface area contributed by atoms with Gasteiger partial charge in [-0.1, -0.05) is 11.6 Å². The second kappa shape index (κ2) is 4.92. The van der Waals surface area contributed by atoms with Gasteiger partial charge in [-0.2, -0.15) is 0 Å². The van der Waals surface area contributed by atoms with E-state index in [-0.39, 0.29) is 10.9 Å². The van der Waals surface area contributed by atoms with Crippen LogP contribution in [0.3, 0.4) is 0 Å². The van der Waals surface area contributed by atoms with Crippen LogP contribution in [0.15, 0.2) is 18.2 Å². The Morgan fingerprint density at radius 1 is 1.53 bits per heavy atom. The van der Waals surface area contributed by atoms with E-state index in [9.17, 15) is 9.18 Å². The van der Waals surface area contributed by atoms with Crippen molar-refractivity contribution in [1.29, 1.82) is 0 Å². The minimum atomic E-state index is -0.650. The lowest BCUT2D eigenvalue weighted by atomic mass is 10.2. The molecule has 0 bridgehead atoms. The van der Waals surface area contributed by atoms with E-state index in [1.54, 1.807) is 0 Å². The molecular weight excluding hydrogens is 247 g/mol. The zero-order chi connectivity index (χ0) is 12.4. The van der Waals surface area contributed by atoms with Crippen LogP contribution in [0, 0.1) is 11.7 Å². The standard InChI is InChI=1S/C12H12ClFO3/c1-16-12(15)11(7-2-3-7)17-10-5-4-8(14)6-9(10)13/h4-7,11H,2-3H2,1H3. The van der Waals surface area contributed by atoms with Gasteiger partial charge in [0.2, 0.25) is 0 Å². The second-order valence-corrected chi connectivity index (χ2v) is 4.38. The number of ether oxygens (including phenoxy) is 2. The van der Waals surface area contributed by atoms with Crippen LogP contribution < -0.4 is 4.74 Å². The Morgan fingerprint density at radius 3 is 2.76 bits per heavy atom. The molecule has 0 aromatic heterocycles. The summed E-state index contributed by atoms with van der Waals surface area (Å²) in [6.45, 7) is 0. The van der Waals surface area contributed by atoms with Crippen LogP contribution in [-0.4, -0.2) is 19.2 Å².